The highest BCUT2D eigenvalue weighted by Gasteiger charge is 2.26. The van der Waals surface area contributed by atoms with E-state index < -0.39 is 15.4 Å². The number of amides is 1. The first kappa shape index (κ1) is 24.5. The maximum absolute atomic E-state index is 12.2. The third-order valence-corrected chi connectivity index (χ3v) is 5.70. The second kappa shape index (κ2) is 10.3. The minimum absolute atomic E-state index is 0. The average molecular weight is 524 g/mol. The Labute approximate surface area is 184 Å². The summed E-state index contributed by atoms with van der Waals surface area (Å²) < 4.78 is 29.8. The van der Waals surface area contributed by atoms with E-state index in [9.17, 15) is 13.2 Å². The predicted molar refractivity (Wildman–Crippen MR) is 120 cm³/mol. The van der Waals surface area contributed by atoms with E-state index in [2.05, 4.69) is 4.99 Å². The van der Waals surface area contributed by atoms with Crippen LogP contribution in [0, 0.1) is 0 Å². The summed E-state index contributed by atoms with van der Waals surface area (Å²) >= 11 is 0. The van der Waals surface area contributed by atoms with Crippen LogP contribution in [0.1, 0.15) is 20.8 Å². The predicted octanol–water partition coefficient (Wildman–Crippen LogP) is 1.95. The lowest BCUT2D eigenvalue weighted by Crippen LogP contribution is -2.53. The lowest BCUT2D eigenvalue weighted by Gasteiger charge is -2.36. The first-order chi connectivity index (χ1) is 12.6. The number of nitrogens with zero attached hydrogens (tertiary/aromatic N) is 3. The van der Waals surface area contributed by atoms with Gasteiger partial charge in [0.25, 0.3) is 0 Å². The Hall–Kier alpha value is -1.56. The summed E-state index contributed by atoms with van der Waals surface area (Å²) in [4.78, 5) is 20.0. The standard InChI is InChI=1S/C18H28N4O4S.HI/c1-18(2,3)26-17(23)22-12-10-21(11-13-22)16(19)20-9-14-27(24,25)15-7-5-4-6-8-15;/h4-8H,9-14H2,1-3H3,(H2,19,20);1H. The largest absolute Gasteiger partial charge is 0.444 e. The van der Waals surface area contributed by atoms with Gasteiger partial charge in [0.05, 0.1) is 17.2 Å². The van der Waals surface area contributed by atoms with Crippen LogP contribution in [0.3, 0.4) is 0 Å². The minimum atomic E-state index is -3.37. The fourth-order valence-corrected chi connectivity index (χ4v) is 3.71. The van der Waals surface area contributed by atoms with E-state index in [-0.39, 0.29) is 47.3 Å². The number of carbonyl (C=O) groups excluding carboxylic acids is 1. The van der Waals surface area contributed by atoms with Crippen molar-refractivity contribution in [1.82, 2.24) is 9.80 Å². The molecule has 0 saturated carbocycles. The summed E-state index contributed by atoms with van der Waals surface area (Å²) in [7, 11) is -3.37. The van der Waals surface area contributed by atoms with E-state index in [0.717, 1.165) is 0 Å². The molecule has 1 aliphatic heterocycles. The Morgan fingerprint density at radius 3 is 2.18 bits per heavy atom. The Balaban J connectivity index is 0.00000392. The summed E-state index contributed by atoms with van der Waals surface area (Å²) in [5.74, 6) is 0.192. The van der Waals surface area contributed by atoms with E-state index in [0.29, 0.717) is 32.1 Å². The van der Waals surface area contributed by atoms with Crippen molar-refractivity contribution < 1.29 is 17.9 Å². The van der Waals surface area contributed by atoms with Crippen LogP contribution in [-0.2, 0) is 14.6 Å². The van der Waals surface area contributed by atoms with E-state index >= 15 is 0 Å². The van der Waals surface area contributed by atoms with Gasteiger partial charge in [-0.3, -0.25) is 4.99 Å². The van der Waals surface area contributed by atoms with E-state index in [1.165, 1.54) is 0 Å². The van der Waals surface area contributed by atoms with Gasteiger partial charge >= 0.3 is 6.09 Å². The normalized spacial score (nSPS) is 15.8. The van der Waals surface area contributed by atoms with Gasteiger partial charge < -0.3 is 20.3 Å². The summed E-state index contributed by atoms with van der Waals surface area (Å²) in [5.41, 5.74) is 5.46. The molecule has 1 amide bonds. The molecule has 10 heteroatoms. The number of ether oxygens (including phenoxy) is 1. The van der Waals surface area contributed by atoms with Crippen molar-refractivity contribution in [3.63, 3.8) is 0 Å². The number of hydrogen-bond donors (Lipinski definition) is 1. The van der Waals surface area contributed by atoms with Gasteiger partial charge in [0.15, 0.2) is 15.8 Å². The van der Waals surface area contributed by atoms with Crippen molar-refractivity contribution in [3.05, 3.63) is 30.3 Å². The Morgan fingerprint density at radius 2 is 1.64 bits per heavy atom. The molecule has 2 N–H and O–H groups in total. The monoisotopic (exact) mass is 524 g/mol. The van der Waals surface area contributed by atoms with Crippen molar-refractivity contribution in [2.45, 2.75) is 31.3 Å². The average Bonchev–Trinajstić information content (AvgIpc) is 2.61. The molecule has 0 aliphatic carbocycles. The number of rotatable bonds is 4. The minimum Gasteiger partial charge on any atom is -0.444 e. The summed E-state index contributed by atoms with van der Waals surface area (Å²) in [5, 5.41) is 0. The fourth-order valence-electron chi connectivity index (χ4n) is 2.57. The molecule has 1 fully saturated rings. The van der Waals surface area contributed by atoms with E-state index in [1.54, 1.807) is 35.2 Å². The number of piperazine rings is 1. The number of sulfone groups is 1. The molecule has 1 saturated heterocycles. The molecule has 0 atom stereocenters. The van der Waals surface area contributed by atoms with Crippen molar-refractivity contribution in [1.29, 1.82) is 0 Å². The fraction of sp³-hybridized carbons (Fsp3) is 0.556. The zero-order valence-corrected chi connectivity index (χ0v) is 19.6. The van der Waals surface area contributed by atoms with Crippen LogP contribution in [-0.4, -0.2) is 74.3 Å². The molecule has 0 unspecified atom stereocenters. The number of carbonyl (C=O) groups is 1. The van der Waals surface area contributed by atoms with Crippen molar-refractivity contribution in [2.24, 2.45) is 10.7 Å². The van der Waals surface area contributed by atoms with Crippen LogP contribution >= 0.6 is 24.0 Å². The van der Waals surface area contributed by atoms with E-state index in [4.69, 9.17) is 10.5 Å². The number of hydrogen-bond acceptors (Lipinski definition) is 5. The molecule has 0 aromatic heterocycles. The van der Waals surface area contributed by atoms with Gasteiger partial charge in [0.2, 0.25) is 0 Å². The molecule has 0 spiro atoms. The molecule has 8 nitrogen and oxygen atoms in total. The maximum atomic E-state index is 12.2. The summed E-state index contributed by atoms with van der Waals surface area (Å²) in [6.45, 7) is 7.59. The maximum Gasteiger partial charge on any atom is 0.410 e. The number of nitrogens with two attached hydrogens (primary N) is 1. The Morgan fingerprint density at radius 1 is 1.11 bits per heavy atom. The third-order valence-electron chi connectivity index (χ3n) is 3.99. The molecular weight excluding hydrogens is 495 g/mol. The van der Waals surface area contributed by atoms with E-state index in [1.807, 2.05) is 25.7 Å². The van der Waals surface area contributed by atoms with Gasteiger partial charge in [-0.05, 0) is 32.9 Å². The number of halogens is 1. The van der Waals surface area contributed by atoms with Crippen LogP contribution in [0.5, 0.6) is 0 Å². The molecule has 0 radical (unpaired) electrons. The topological polar surface area (TPSA) is 105 Å². The molecule has 1 heterocycles. The van der Waals surface area contributed by atoms with Crippen molar-refractivity contribution in [2.75, 3.05) is 38.5 Å². The molecule has 28 heavy (non-hydrogen) atoms. The van der Waals surface area contributed by atoms with Crippen molar-refractivity contribution >= 4 is 45.9 Å². The van der Waals surface area contributed by atoms with Gasteiger partial charge in [0.1, 0.15) is 5.60 Å². The third kappa shape index (κ3) is 7.46. The van der Waals surface area contributed by atoms with Crippen molar-refractivity contribution in [3.8, 4) is 0 Å². The molecular formula is C18H29IN4O4S. The first-order valence-corrected chi connectivity index (χ1v) is 10.5. The molecule has 158 valence electrons. The lowest BCUT2D eigenvalue weighted by atomic mass is 10.2. The smallest absolute Gasteiger partial charge is 0.410 e. The SMILES string of the molecule is CC(C)(C)OC(=O)N1CCN(C(N)=NCCS(=O)(=O)c2ccccc2)CC1.I. The second-order valence-electron chi connectivity index (χ2n) is 7.33. The van der Waals surface area contributed by atoms with Crippen LogP contribution in [0.4, 0.5) is 4.79 Å². The quantitative estimate of drug-likeness (QED) is 0.367. The van der Waals surface area contributed by atoms with Crippen LogP contribution in [0.25, 0.3) is 0 Å². The van der Waals surface area contributed by atoms with Gasteiger partial charge in [0, 0.05) is 26.2 Å². The zero-order chi connectivity index (χ0) is 20.1. The molecule has 1 aromatic carbocycles. The highest BCUT2D eigenvalue weighted by atomic mass is 127. The highest BCUT2D eigenvalue weighted by molar-refractivity contribution is 14.0. The molecule has 2 rings (SSSR count). The number of benzene rings is 1. The summed E-state index contributed by atoms with van der Waals surface area (Å²) in [6, 6.07) is 8.28. The molecule has 0 bridgehead atoms. The lowest BCUT2D eigenvalue weighted by molar-refractivity contribution is 0.0186. The van der Waals surface area contributed by atoms with Crippen LogP contribution in [0.15, 0.2) is 40.2 Å². The number of guanidine groups is 1. The second-order valence-corrected chi connectivity index (χ2v) is 9.44. The van der Waals surface area contributed by atoms with Gasteiger partial charge in [-0.25, -0.2) is 13.2 Å². The van der Waals surface area contributed by atoms with Crippen LogP contribution < -0.4 is 5.73 Å². The molecule has 1 aromatic rings. The van der Waals surface area contributed by atoms with Gasteiger partial charge in [-0.15, -0.1) is 24.0 Å². The molecule has 1 aliphatic rings. The highest BCUT2D eigenvalue weighted by Crippen LogP contribution is 2.12. The zero-order valence-electron chi connectivity index (χ0n) is 16.5. The number of aliphatic imine (C=N–C) groups is 1. The Bertz CT molecular complexity index is 771. The summed E-state index contributed by atoms with van der Waals surface area (Å²) in [6.07, 6.45) is -0.341. The first-order valence-electron chi connectivity index (χ1n) is 8.89. The van der Waals surface area contributed by atoms with Gasteiger partial charge in [-0.1, -0.05) is 18.2 Å². The van der Waals surface area contributed by atoms with Gasteiger partial charge in [-0.2, -0.15) is 0 Å². The van der Waals surface area contributed by atoms with Crippen LogP contribution in [0.2, 0.25) is 0 Å². The Kier molecular flexibility index (Phi) is 8.99.